The number of nitriles is 1. The summed E-state index contributed by atoms with van der Waals surface area (Å²) in [5, 5.41) is 9.94. The van der Waals surface area contributed by atoms with Gasteiger partial charge >= 0.3 is 0 Å². The van der Waals surface area contributed by atoms with Crippen molar-refractivity contribution in [3.05, 3.63) is 0 Å². The molecule has 0 aromatic rings. The van der Waals surface area contributed by atoms with Crippen LogP contribution in [-0.2, 0) is 0 Å². The van der Waals surface area contributed by atoms with Gasteiger partial charge in [0.25, 0.3) is 0 Å². The van der Waals surface area contributed by atoms with Crippen molar-refractivity contribution >= 4 is 11.8 Å². The van der Waals surface area contributed by atoms with Crippen LogP contribution >= 0.6 is 11.8 Å². The SMILES string of the molecule is N#CC(C1CCCCC1)C1CCCS1. The lowest BCUT2D eigenvalue weighted by Gasteiger charge is -2.29. The lowest BCUT2D eigenvalue weighted by atomic mass is 9.78. The van der Waals surface area contributed by atoms with Crippen LogP contribution in [-0.4, -0.2) is 11.0 Å². The molecule has 2 atom stereocenters. The van der Waals surface area contributed by atoms with E-state index < -0.39 is 0 Å². The minimum Gasteiger partial charge on any atom is -0.198 e. The van der Waals surface area contributed by atoms with Crippen LogP contribution in [0.4, 0.5) is 0 Å². The second-order valence-electron chi connectivity index (χ2n) is 4.60. The monoisotopic (exact) mass is 209 g/mol. The molecule has 0 amide bonds. The molecule has 1 heterocycles. The van der Waals surface area contributed by atoms with Gasteiger partial charge in [0.2, 0.25) is 0 Å². The highest BCUT2D eigenvalue weighted by Gasteiger charge is 2.32. The van der Waals surface area contributed by atoms with Crippen LogP contribution in [0.15, 0.2) is 0 Å². The van der Waals surface area contributed by atoms with E-state index in [9.17, 15) is 5.26 Å². The summed E-state index contributed by atoms with van der Waals surface area (Å²) >= 11 is 2.05. The van der Waals surface area contributed by atoms with E-state index in [1.807, 2.05) is 11.8 Å². The third-order valence-corrected chi connectivity index (χ3v) is 5.15. The Kier molecular flexibility index (Phi) is 3.75. The molecule has 2 fully saturated rings. The second-order valence-corrected chi connectivity index (χ2v) is 5.95. The average Bonchev–Trinajstić information content (AvgIpc) is 2.74. The molecule has 0 bridgehead atoms. The number of hydrogen-bond donors (Lipinski definition) is 0. The third-order valence-electron chi connectivity index (χ3n) is 3.67. The van der Waals surface area contributed by atoms with E-state index in [2.05, 4.69) is 6.07 Å². The molecule has 0 aromatic carbocycles. The fourth-order valence-corrected chi connectivity index (χ4v) is 4.33. The Hall–Kier alpha value is -0.160. The normalized spacial score (nSPS) is 31.2. The van der Waals surface area contributed by atoms with Crippen LogP contribution in [0.5, 0.6) is 0 Å². The molecule has 1 aliphatic carbocycles. The Morgan fingerprint density at radius 2 is 1.86 bits per heavy atom. The minimum absolute atomic E-state index is 0.364. The first kappa shape index (κ1) is 10.4. The summed E-state index contributed by atoms with van der Waals surface area (Å²) in [4.78, 5) is 0. The Balaban J connectivity index is 1.93. The quantitative estimate of drug-likeness (QED) is 0.694. The first-order valence-electron chi connectivity index (χ1n) is 5.93. The van der Waals surface area contributed by atoms with E-state index in [1.54, 1.807) is 0 Å². The number of nitrogens with zero attached hydrogens (tertiary/aromatic N) is 1. The predicted molar refractivity (Wildman–Crippen MR) is 61.2 cm³/mol. The van der Waals surface area contributed by atoms with E-state index in [-0.39, 0.29) is 0 Å². The summed E-state index contributed by atoms with van der Waals surface area (Å²) in [6, 6.07) is 2.59. The first-order chi connectivity index (χ1) is 6.92. The maximum absolute atomic E-state index is 9.28. The zero-order valence-corrected chi connectivity index (χ0v) is 9.56. The van der Waals surface area contributed by atoms with Gasteiger partial charge in [-0.15, -0.1) is 0 Å². The smallest absolute Gasteiger partial charge is 0.0670 e. The molecular formula is C12H19NS. The van der Waals surface area contributed by atoms with E-state index in [4.69, 9.17) is 0 Å². The van der Waals surface area contributed by atoms with E-state index in [1.165, 1.54) is 50.7 Å². The van der Waals surface area contributed by atoms with Crippen molar-refractivity contribution in [2.45, 2.75) is 50.2 Å². The Labute approximate surface area is 91.3 Å². The topological polar surface area (TPSA) is 23.8 Å². The van der Waals surface area contributed by atoms with Gasteiger partial charge in [-0.05, 0) is 37.4 Å². The van der Waals surface area contributed by atoms with Gasteiger partial charge < -0.3 is 0 Å². The Bertz CT molecular complexity index is 209. The molecule has 1 saturated heterocycles. The average molecular weight is 209 g/mol. The lowest BCUT2D eigenvalue weighted by molar-refractivity contribution is 0.284. The fraction of sp³-hybridized carbons (Fsp3) is 0.917. The van der Waals surface area contributed by atoms with Gasteiger partial charge in [-0.3, -0.25) is 0 Å². The second kappa shape index (κ2) is 5.07. The summed E-state index contributed by atoms with van der Waals surface area (Å²) in [6.45, 7) is 0. The van der Waals surface area contributed by atoms with Gasteiger partial charge in [0.1, 0.15) is 0 Å². The molecule has 2 heteroatoms. The van der Waals surface area contributed by atoms with Gasteiger partial charge in [-0.25, -0.2) is 0 Å². The van der Waals surface area contributed by atoms with Gasteiger partial charge in [0, 0.05) is 5.25 Å². The highest BCUT2D eigenvalue weighted by molar-refractivity contribution is 8.00. The van der Waals surface area contributed by atoms with Crippen LogP contribution in [0, 0.1) is 23.2 Å². The Morgan fingerprint density at radius 1 is 1.07 bits per heavy atom. The predicted octanol–water partition coefficient (Wildman–Crippen LogP) is 3.60. The summed E-state index contributed by atoms with van der Waals surface area (Å²) in [6.07, 6.45) is 9.37. The summed E-state index contributed by atoms with van der Waals surface area (Å²) < 4.78 is 0. The molecular weight excluding hydrogens is 190 g/mol. The van der Waals surface area contributed by atoms with Crippen molar-refractivity contribution in [3.63, 3.8) is 0 Å². The fourth-order valence-electron chi connectivity index (χ4n) is 2.87. The van der Waals surface area contributed by atoms with E-state index >= 15 is 0 Å². The largest absolute Gasteiger partial charge is 0.198 e. The number of rotatable bonds is 2. The molecule has 2 aliphatic rings. The molecule has 0 radical (unpaired) electrons. The number of thioether (sulfide) groups is 1. The van der Waals surface area contributed by atoms with Gasteiger partial charge in [-0.1, -0.05) is 19.3 Å². The van der Waals surface area contributed by atoms with Crippen LogP contribution in [0.1, 0.15) is 44.9 Å². The van der Waals surface area contributed by atoms with Crippen LogP contribution in [0.3, 0.4) is 0 Å². The highest BCUT2D eigenvalue weighted by Crippen LogP contribution is 2.40. The molecule has 78 valence electrons. The highest BCUT2D eigenvalue weighted by atomic mass is 32.2. The molecule has 0 spiro atoms. The molecule has 0 N–H and O–H groups in total. The maximum atomic E-state index is 9.28. The van der Waals surface area contributed by atoms with Gasteiger partial charge in [0.15, 0.2) is 0 Å². The van der Waals surface area contributed by atoms with Crippen molar-refractivity contribution in [2.75, 3.05) is 5.75 Å². The standard InChI is InChI=1S/C12H19NS/c13-9-11(12-7-4-8-14-12)10-5-2-1-3-6-10/h10-12H,1-8H2. The molecule has 0 aromatic heterocycles. The van der Waals surface area contributed by atoms with E-state index in [0.29, 0.717) is 11.2 Å². The van der Waals surface area contributed by atoms with Crippen LogP contribution in [0.2, 0.25) is 0 Å². The number of hydrogen-bond acceptors (Lipinski definition) is 2. The minimum atomic E-state index is 0.364. The molecule has 1 nitrogen and oxygen atoms in total. The first-order valence-corrected chi connectivity index (χ1v) is 6.98. The molecule has 2 unspecified atom stereocenters. The third kappa shape index (κ3) is 2.25. The van der Waals surface area contributed by atoms with Crippen molar-refractivity contribution in [3.8, 4) is 6.07 Å². The zero-order valence-electron chi connectivity index (χ0n) is 8.74. The Morgan fingerprint density at radius 3 is 2.43 bits per heavy atom. The zero-order chi connectivity index (χ0) is 9.80. The van der Waals surface area contributed by atoms with Crippen LogP contribution < -0.4 is 0 Å². The molecule has 14 heavy (non-hydrogen) atoms. The summed E-state index contributed by atoms with van der Waals surface area (Å²) in [5.74, 6) is 2.38. The summed E-state index contributed by atoms with van der Waals surface area (Å²) in [7, 11) is 0. The lowest BCUT2D eigenvalue weighted by Crippen LogP contribution is -2.24. The van der Waals surface area contributed by atoms with Crippen molar-refractivity contribution < 1.29 is 0 Å². The van der Waals surface area contributed by atoms with Crippen molar-refractivity contribution in [1.29, 1.82) is 5.26 Å². The summed E-state index contributed by atoms with van der Waals surface area (Å²) in [5.41, 5.74) is 0. The maximum Gasteiger partial charge on any atom is 0.0670 e. The van der Waals surface area contributed by atoms with Crippen LogP contribution in [0.25, 0.3) is 0 Å². The van der Waals surface area contributed by atoms with Gasteiger partial charge in [0.05, 0.1) is 12.0 Å². The molecule has 2 rings (SSSR count). The van der Waals surface area contributed by atoms with E-state index in [0.717, 1.165) is 5.92 Å². The molecule has 1 aliphatic heterocycles. The van der Waals surface area contributed by atoms with Gasteiger partial charge in [-0.2, -0.15) is 17.0 Å². The van der Waals surface area contributed by atoms with Crippen molar-refractivity contribution in [1.82, 2.24) is 0 Å². The van der Waals surface area contributed by atoms with Crippen molar-refractivity contribution in [2.24, 2.45) is 11.8 Å². The molecule has 1 saturated carbocycles.